The van der Waals surface area contributed by atoms with Crippen LogP contribution in [0.15, 0.2) is 35.6 Å². The number of nitrogens with zero attached hydrogens (tertiary/aromatic N) is 2. The van der Waals surface area contributed by atoms with Crippen LogP contribution in [-0.2, 0) is 4.79 Å². The van der Waals surface area contributed by atoms with E-state index in [4.69, 9.17) is 16.3 Å². The number of benzene rings is 1. The smallest absolute Gasteiger partial charge is 0.234 e. The van der Waals surface area contributed by atoms with Gasteiger partial charge in [-0.3, -0.25) is 4.79 Å². The number of aryl methyl sites for hydroxylation is 1. The van der Waals surface area contributed by atoms with E-state index in [1.54, 1.807) is 13.2 Å². The summed E-state index contributed by atoms with van der Waals surface area (Å²) in [5, 5.41) is 4.00. The minimum absolute atomic E-state index is 0.143. The van der Waals surface area contributed by atoms with Crippen LogP contribution in [0.3, 0.4) is 0 Å². The van der Waals surface area contributed by atoms with Crippen molar-refractivity contribution >= 4 is 46.1 Å². The summed E-state index contributed by atoms with van der Waals surface area (Å²) >= 11 is 7.19. The first-order valence-electron chi connectivity index (χ1n) is 7.13. The predicted octanol–water partition coefficient (Wildman–Crippen LogP) is 3.66. The molecule has 3 rings (SSSR count). The van der Waals surface area contributed by atoms with Gasteiger partial charge in [0.1, 0.15) is 5.75 Å². The fraction of sp³-hybridized carbons (Fsp3) is 0.188. The molecule has 0 fully saturated rings. The monoisotopic (exact) mass is 362 g/mol. The number of thioether (sulfide) groups is 1. The van der Waals surface area contributed by atoms with Crippen LogP contribution in [0, 0.1) is 6.92 Å². The number of ether oxygens (including phenoxy) is 1. The Bertz CT molecular complexity index is 897. The third kappa shape index (κ3) is 3.80. The number of fused-ring (bicyclic) bond motifs is 1. The van der Waals surface area contributed by atoms with E-state index in [0.717, 1.165) is 11.1 Å². The van der Waals surface area contributed by atoms with Gasteiger partial charge < -0.3 is 15.0 Å². The Hall–Kier alpha value is -2.25. The van der Waals surface area contributed by atoms with Crippen molar-refractivity contribution in [2.75, 3.05) is 18.2 Å². The summed E-state index contributed by atoms with van der Waals surface area (Å²) in [4.78, 5) is 23.7. The second kappa shape index (κ2) is 7.11. The van der Waals surface area contributed by atoms with Crippen LogP contribution < -0.4 is 10.1 Å². The topological polar surface area (TPSA) is 79.9 Å². The number of hydrogen-bond acceptors (Lipinski definition) is 5. The number of H-pyrrole nitrogens is 1. The first kappa shape index (κ1) is 16.6. The van der Waals surface area contributed by atoms with Gasteiger partial charge in [0.2, 0.25) is 5.91 Å². The van der Waals surface area contributed by atoms with Crippen LogP contribution in [0.25, 0.3) is 11.2 Å². The van der Waals surface area contributed by atoms with Gasteiger partial charge in [-0.25, -0.2) is 9.97 Å². The van der Waals surface area contributed by atoms with E-state index in [-0.39, 0.29) is 11.7 Å². The first-order chi connectivity index (χ1) is 11.5. The van der Waals surface area contributed by atoms with Gasteiger partial charge >= 0.3 is 0 Å². The van der Waals surface area contributed by atoms with Crippen LogP contribution >= 0.6 is 23.4 Å². The SMILES string of the molecule is COc1ccc(C)cc1NC(=O)CSc1nc2ncc(Cl)cc2[nH]1. The second-order valence-electron chi connectivity index (χ2n) is 5.11. The summed E-state index contributed by atoms with van der Waals surface area (Å²) in [5.41, 5.74) is 3.01. The highest BCUT2D eigenvalue weighted by atomic mass is 35.5. The molecule has 3 aromatic rings. The number of anilines is 1. The Morgan fingerprint density at radius 3 is 3.04 bits per heavy atom. The van der Waals surface area contributed by atoms with Gasteiger partial charge in [0.15, 0.2) is 10.8 Å². The van der Waals surface area contributed by atoms with Gasteiger partial charge in [-0.15, -0.1) is 0 Å². The van der Waals surface area contributed by atoms with E-state index < -0.39 is 0 Å². The molecule has 0 radical (unpaired) electrons. The highest BCUT2D eigenvalue weighted by molar-refractivity contribution is 7.99. The van der Waals surface area contributed by atoms with Crippen LogP contribution in [0.5, 0.6) is 5.75 Å². The van der Waals surface area contributed by atoms with Crippen molar-refractivity contribution in [1.82, 2.24) is 15.0 Å². The van der Waals surface area contributed by atoms with Gasteiger partial charge in [0.25, 0.3) is 0 Å². The molecule has 2 aromatic heterocycles. The molecule has 0 saturated heterocycles. The van der Waals surface area contributed by atoms with Gasteiger partial charge in [-0.05, 0) is 30.7 Å². The maximum Gasteiger partial charge on any atom is 0.234 e. The van der Waals surface area contributed by atoms with E-state index in [2.05, 4.69) is 20.3 Å². The Morgan fingerprint density at radius 1 is 1.42 bits per heavy atom. The number of imidazole rings is 1. The number of nitrogens with one attached hydrogen (secondary N) is 2. The predicted molar refractivity (Wildman–Crippen MR) is 96.0 cm³/mol. The number of halogens is 1. The van der Waals surface area contributed by atoms with Crippen molar-refractivity contribution in [1.29, 1.82) is 0 Å². The molecule has 124 valence electrons. The largest absolute Gasteiger partial charge is 0.495 e. The zero-order valence-electron chi connectivity index (χ0n) is 13.1. The summed E-state index contributed by atoms with van der Waals surface area (Å²) < 4.78 is 5.25. The number of aromatic nitrogens is 3. The highest BCUT2D eigenvalue weighted by Gasteiger charge is 2.11. The van der Waals surface area contributed by atoms with Crippen molar-refractivity contribution < 1.29 is 9.53 Å². The normalized spacial score (nSPS) is 10.8. The van der Waals surface area contributed by atoms with Crippen LogP contribution in [0.2, 0.25) is 5.02 Å². The molecule has 1 amide bonds. The molecule has 0 aliphatic carbocycles. The highest BCUT2D eigenvalue weighted by Crippen LogP contribution is 2.26. The van der Waals surface area contributed by atoms with E-state index in [0.29, 0.717) is 27.3 Å². The molecule has 0 unspecified atom stereocenters. The fourth-order valence-corrected chi connectivity index (χ4v) is 2.99. The molecule has 0 saturated carbocycles. The molecule has 8 heteroatoms. The zero-order chi connectivity index (χ0) is 17.1. The van der Waals surface area contributed by atoms with E-state index >= 15 is 0 Å². The van der Waals surface area contributed by atoms with E-state index in [1.807, 2.05) is 25.1 Å². The molecule has 0 aliphatic rings. The molecular weight excluding hydrogens is 348 g/mol. The molecule has 0 spiro atoms. The number of rotatable bonds is 5. The number of hydrogen-bond donors (Lipinski definition) is 2. The molecule has 0 aliphatic heterocycles. The minimum atomic E-state index is -0.143. The maximum absolute atomic E-state index is 12.2. The van der Waals surface area contributed by atoms with Crippen molar-refractivity contribution in [3.05, 3.63) is 41.0 Å². The van der Waals surface area contributed by atoms with Gasteiger partial charge in [-0.2, -0.15) is 0 Å². The number of pyridine rings is 1. The van der Waals surface area contributed by atoms with Crippen LogP contribution in [0.1, 0.15) is 5.56 Å². The summed E-state index contributed by atoms with van der Waals surface area (Å²) in [6.07, 6.45) is 1.54. The standard InChI is InChI=1S/C16H15ClN4O2S/c1-9-3-4-13(23-2)11(5-9)19-14(22)8-24-16-20-12-6-10(17)7-18-15(12)21-16/h3-7H,8H2,1-2H3,(H,19,22)(H,18,20,21). The molecule has 2 N–H and O–H groups in total. The Balaban J connectivity index is 1.65. The van der Waals surface area contributed by atoms with E-state index in [9.17, 15) is 4.79 Å². The lowest BCUT2D eigenvalue weighted by Gasteiger charge is -2.10. The molecule has 1 aromatic carbocycles. The number of carbonyl (C=O) groups excluding carboxylic acids is 1. The Kier molecular flexibility index (Phi) is 4.92. The third-order valence-electron chi connectivity index (χ3n) is 3.25. The van der Waals surface area contributed by atoms with Gasteiger partial charge in [0.05, 0.1) is 29.1 Å². The average molecular weight is 363 g/mol. The fourth-order valence-electron chi connectivity index (χ4n) is 2.16. The summed E-state index contributed by atoms with van der Waals surface area (Å²) in [5.74, 6) is 0.696. The molecule has 24 heavy (non-hydrogen) atoms. The Morgan fingerprint density at radius 2 is 2.25 bits per heavy atom. The van der Waals surface area contributed by atoms with E-state index in [1.165, 1.54) is 18.0 Å². The van der Waals surface area contributed by atoms with Crippen molar-refractivity contribution in [2.24, 2.45) is 0 Å². The number of amides is 1. The molecule has 2 heterocycles. The molecular formula is C16H15ClN4O2S. The quantitative estimate of drug-likeness (QED) is 0.677. The lowest BCUT2D eigenvalue weighted by atomic mass is 10.2. The zero-order valence-corrected chi connectivity index (χ0v) is 14.7. The molecule has 0 bridgehead atoms. The van der Waals surface area contributed by atoms with Crippen molar-refractivity contribution in [3.8, 4) is 5.75 Å². The third-order valence-corrected chi connectivity index (χ3v) is 4.33. The lowest BCUT2D eigenvalue weighted by molar-refractivity contribution is -0.113. The first-order valence-corrected chi connectivity index (χ1v) is 8.50. The van der Waals surface area contributed by atoms with Crippen molar-refractivity contribution in [2.45, 2.75) is 12.1 Å². The van der Waals surface area contributed by atoms with Gasteiger partial charge in [0, 0.05) is 6.20 Å². The number of methoxy groups -OCH3 is 1. The van der Waals surface area contributed by atoms with Gasteiger partial charge in [-0.1, -0.05) is 29.4 Å². The second-order valence-corrected chi connectivity index (χ2v) is 6.51. The Labute approximate surface area is 148 Å². The van der Waals surface area contributed by atoms with Crippen LogP contribution in [0.4, 0.5) is 5.69 Å². The summed E-state index contributed by atoms with van der Waals surface area (Å²) in [6.45, 7) is 1.95. The summed E-state index contributed by atoms with van der Waals surface area (Å²) in [6, 6.07) is 7.37. The van der Waals surface area contributed by atoms with Crippen molar-refractivity contribution in [3.63, 3.8) is 0 Å². The summed E-state index contributed by atoms with van der Waals surface area (Å²) in [7, 11) is 1.57. The number of carbonyl (C=O) groups is 1. The minimum Gasteiger partial charge on any atom is -0.495 e. The molecule has 0 atom stereocenters. The lowest BCUT2D eigenvalue weighted by Crippen LogP contribution is -2.15. The molecule has 6 nitrogen and oxygen atoms in total. The average Bonchev–Trinajstić information content (AvgIpc) is 2.95. The maximum atomic E-state index is 12.2. The van der Waals surface area contributed by atoms with Crippen LogP contribution in [-0.4, -0.2) is 33.7 Å². The number of aromatic amines is 1.